The van der Waals surface area contributed by atoms with Crippen LogP contribution in [-0.4, -0.2) is 67.8 Å². The summed E-state index contributed by atoms with van der Waals surface area (Å²) < 4.78 is 12.7. The summed E-state index contributed by atoms with van der Waals surface area (Å²) in [6.45, 7) is 1.21. The molecule has 5 atom stereocenters. The number of imidazole rings is 1. The number of aliphatic hydroxyl groups is 2. The molecule has 5 unspecified atom stereocenters. The van der Waals surface area contributed by atoms with Crippen LogP contribution in [0.4, 0.5) is 0 Å². The van der Waals surface area contributed by atoms with Crippen LogP contribution in [0.15, 0.2) is 17.8 Å². The van der Waals surface area contributed by atoms with Crippen molar-refractivity contribution >= 4 is 11.2 Å². The Bertz CT molecular complexity index is 815. The van der Waals surface area contributed by atoms with Crippen LogP contribution >= 0.6 is 0 Å². The molecule has 2 aromatic heterocycles. The van der Waals surface area contributed by atoms with Crippen LogP contribution in [0.25, 0.3) is 21.6 Å². The van der Waals surface area contributed by atoms with Crippen LogP contribution < -0.4 is 0 Å². The fourth-order valence-corrected chi connectivity index (χ4v) is 3.33. The van der Waals surface area contributed by atoms with E-state index in [1.807, 2.05) is 0 Å². The van der Waals surface area contributed by atoms with E-state index in [1.165, 1.54) is 12.7 Å². The average Bonchev–Trinajstić information content (AvgIpc) is 3.35. The molecule has 132 valence electrons. The van der Waals surface area contributed by atoms with E-state index in [9.17, 15) is 10.2 Å². The van der Waals surface area contributed by atoms with Crippen molar-refractivity contribution < 1.29 is 19.7 Å². The first kappa shape index (κ1) is 16.2. The second-order valence-corrected chi connectivity index (χ2v) is 6.10. The average molecular weight is 347 g/mol. The molecule has 2 aromatic rings. The van der Waals surface area contributed by atoms with Gasteiger partial charge in [-0.15, -0.1) is 0 Å². The Labute approximate surface area is 141 Å². The Hall–Kier alpha value is -2.30. The molecule has 2 aliphatic rings. The molecular formula is C14H17N7O4. The number of ether oxygens (including phenoxy) is 2. The molecule has 2 saturated heterocycles. The second kappa shape index (κ2) is 6.54. The van der Waals surface area contributed by atoms with E-state index < -0.39 is 24.5 Å². The molecular weight excluding hydrogens is 330 g/mol. The van der Waals surface area contributed by atoms with Crippen molar-refractivity contribution in [3.8, 4) is 0 Å². The molecule has 0 amide bonds. The summed E-state index contributed by atoms with van der Waals surface area (Å²) in [6, 6.07) is 0. The number of aliphatic hydroxyl groups excluding tert-OH is 2. The van der Waals surface area contributed by atoms with Crippen LogP contribution in [0.5, 0.6) is 0 Å². The zero-order chi connectivity index (χ0) is 17.4. The quantitative estimate of drug-likeness (QED) is 0.457. The standard InChI is InChI=1S/C14H17N7O4/c15-20-19-3-8-11(22)12(23)14(25-8)21-6-18-10-9(7-1-2-24-4-7)16-5-17-13(10)21/h5-8,11-12,14,22-23H,1-4H2. The predicted molar refractivity (Wildman–Crippen MR) is 83.4 cm³/mol. The highest BCUT2D eigenvalue weighted by Crippen LogP contribution is 2.33. The summed E-state index contributed by atoms with van der Waals surface area (Å²) in [7, 11) is 0. The van der Waals surface area contributed by atoms with Gasteiger partial charge < -0.3 is 19.7 Å². The SMILES string of the molecule is [N-]=[N+]=NCC1OC(n2cnc3c(C4CCOC4)ncnc32)C(O)C1O. The first-order valence-corrected chi connectivity index (χ1v) is 7.98. The van der Waals surface area contributed by atoms with Gasteiger partial charge in [0.25, 0.3) is 0 Å². The first-order chi connectivity index (χ1) is 12.2. The third kappa shape index (κ3) is 2.71. The van der Waals surface area contributed by atoms with Crippen LogP contribution in [0, 0.1) is 0 Å². The van der Waals surface area contributed by atoms with Crippen molar-refractivity contribution in [2.24, 2.45) is 5.11 Å². The lowest BCUT2D eigenvalue weighted by molar-refractivity contribution is -0.0321. The van der Waals surface area contributed by atoms with E-state index in [0.29, 0.717) is 24.4 Å². The summed E-state index contributed by atoms with van der Waals surface area (Å²) in [5.74, 6) is 0.159. The molecule has 2 fully saturated rings. The van der Waals surface area contributed by atoms with E-state index in [0.717, 1.165) is 12.1 Å². The topological polar surface area (TPSA) is 151 Å². The number of rotatable bonds is 4. The van der Waals surface area contributed by atoms with E-state index in [4.69, 9.17) is 15.0 Å². The second-order valence-electron chi connectivity index (χ2n) is 6.10. The molecule has 11 nitrogen and oxygen atoms in total. The summed E-state index contributed by atoms with van der Waals surface area (Å²) >= 11 is 0. The molecule has 0 aliphatic carbocycles. The number of nitrogens with zero attached hydrogens (tertiary/aromatic N) is 7. The Kier molecular flexibility index (Phi) is 4.24. The lowest BCUT2D eigenvalue weighted by Crippen LogP contribution is -2.32. The third-order valence-electron chi connectivity index (χ3n) is 4.64. The summed E-state index contributed by atoms with van der Waals surface area (Å²) in [5.41, 5.74) is 10.4. The minimum Gasteiger partial charge on any atom is -0.388 e. The van der Waals surface area contributed by atoms with Gasteiger partial charge >= 0.3 is 0 Å². The van der Waals surface area contributed by atoms with E-state index in [2.05, 4.69) is 25.0 Å². The predicted octanol–water partition coefficient (Wildman–Crippen LogP) is 0.260. The highest BCUT2D eigenvalue weighted by molar-refractivity contribution is 5.74. The number of hydrogen-bond acceptors (Lipinski definition) is 8. The van der Waals surface area contributed by atoms with Crippen molar-refractivity contribution in [3.05, 3.63) is 28.8 Å². The molecule has 25 heavy (non-hydrogen) atoms. The van der Waals surface area contributed by atoms with Crippen LogP contribution in [-0.2, 0) is 9.47 Å². The largest absolute Gasteiger partial charge is 0.388 e. The molecule has 0 spiro atoms. The smallest absolute Gasteiger partial charge is 0.165 e. The van der Waals surface area contributed by atoms with E-state index in [1.54, 1.807) is 4.57 Å². The van der Waals surface area contributed by atoms with Gasteiger partial charge in [-0.05, 0) is 12.0 Å². The maximum absolute atomic E-state index is 10.3. The van der Waals surface area contributed by atoms with E-state index >= 15 is 0 Å². The van der Waals surface area contributed by atoms with Gasteiger partial charge in [0.05, 0.1) is 31.3 Å². The maximum Gasteiger partial charge on any atom is 0.165 e. The summed E-state index contributed by atoms with van der Waals surface area (Å²) in [6.07, 6.45) is -0.200. The Morgan fingerprint density at radius 1 is 1.32 bits per heavy atom. The molecule has 4 rings (SSSR count). The van der Waals surface area contributed by atoms with Crippen molar-refractivity contribution in [3.63, 3.8) is 0 Å². The Morgan fingerprint density at radius 2 is 2.20 bits per heavy atom. The third-order valence-corrected chi connectivity index (χ3v) is 4.64. The lowest BCUT2D eigenvalue weighted by Gasteiger charge is -2.16. The fraction of sp³-hybridized carbons (Fsp3) is 0.643. The van der Waals surface area contributed by atoms with Gasteiger partial charge in [0, 0.05) is 17.4 Å². The van der Waals surface area contributed by atoms with Gasteiger partial charge in [-0.25, -0.2) is 15.0 Å². The lowest BCUT2D eigenvalue weighted by atomic mass is 10.0. The summed E-state index contributed by atoms with van der Waals surface area (Å²) in [5, 5.41) is 23.8. The molecule has 2 N–H and O–H groups in total. The highest BCUT2D eigenvalue weighted by Gasteiger charge is 2.44. The van der Waals surface area contributed by atoms with Crippen molar-refractivity contribution in [1.82, 2.24) is 19.5 Å². The van der Waals surface area contributed by atoms with Crippen molar-refractivity contribution in [2.75, 3.05) is 19.8 Å². The number of aromatic nitrogens is 4. The van der Waals surface area contributed by atoms with Crippen LogP contribution in [0.3, 0.4) is 0 Å². The summed E-state index contributed by atoms with van der Waals surface area (Å²) in [4.78, 5) is 15.6. The molecule has 2 aliphatic heterocycles. The van der Waals surface area contributed by atoms with Crippen molar-refractivity contribution in [2.45, 2.75) is 36.9 Å². The number of azide groups is 1. The molecule has 0 radical (unpaired) electrons. The fourth-order valence-electron chi connectivity index (χ4n) is 3.33. The molecule has 0 saturated carbocycles. The molecule has 11 heteroatoms. The van der Waals surface area contributed by atoms with Gasteiger partial charge in [-0.3, -0.25) is 4.57 Å². The Balaban J connectivity index is 1.68. The van der Waals surface area contributed by atoms with Crippen LogP contribution in [0.1, 0.15) is 24.3 Å². The van der Waals surface area contributed by atoms with Gasteiger partial charge in [-0.2, -0.15) is 0 Å². The van der Waals surface area contributed by atoms with Gasteiger partial charge in [-0.1, -0.05) is 5.11 Å². The van der Waals surface area contributed by atoms with Gasteiger partial charge in [0.1, 0.15) is 24.1 Å². The number of fused-ring (bicyclic) bond motifs is 1. The van der Waals surface area contributed by atoms with Crippen molar-refractivity contribution in [1.29, 1.82) is 0 Å². The molecule has 0 bridgehead atoms. The molecule has 0 aromatic carbocycles. The van der Waals surface area contributed by atoms with Gasteiger partial charge in [0.15, 0.2) is 11.9 Å². The maximum atomic E-state index is 10.3. The number of hydrogen-bond donors (Lipinski definition) is 2. The normalized spacial score (nSPS) is 32.2. The zero-order valence-corrected chi connectivity index (χ0v) is 13.2. The minimum absolute atomic E-state index is 0.0719. The zero-order valence-electron chi connectivity index (χ0n) is 13.2. The minimum atomic E-state index is -1.19. The monoisotopic (exact) mass is 347 g/mol. The van der Waals surface area contributed by atoms with Crippen LogP contribution in [0.2, 0.25) is 0 Å². The van der Waals surface area contributed by atoms with Gasteiger partial charge in [0.2, 0.25) is 0 Å². The highest BCUT2D eigenvalue weighted by atomic mass is 16.6. The first-order valence-electron chi connectivity index (χ1n) is 7.98. The van der Waals surface area contributed by atoms with E-state index in [-0.39, 0.29) is 12.5 Å². The Morgan fingerprint density at radius 3 is 2.96 bits per heavy atom. The molecule has 4 heterocycles.